The van der Waals surface area contributed by atoms with Crippen molar-refractivity contribution < 1.29 is 4.57 Å². The number of hydrogen-bond donors (Lipinski definition) is 0. The molecule has 0 fully saturated rings. The van der Waals surface area contributed by atoms with Crippen molar-refractivity contribution in [3.8, 4) is 11.3 Å². The molecule has 5 aromatic rings. The summed E-state index contributed by atoms with van der Waals surface area (Å²) in [4.78, 5) is 0. The van der Waals surface area contributed by atoms with Crippen LogP contribution in [0.2, 0.25) is 0 Å². The lowest BCUT2D eigenvalue weighted by atomic mass is 9.81. The van der Waals surface area contributed by atoms with Crippen molar-refractivity contribution in [3.63, 3.8) is 0 Å². The van der Waals surface area contributed by atoms with Crippen LogP contribution in [-0.4, -0.2) is 4.40 Å². The summed E-state index contributed by atoms with van der Waals surface area (Å²) in [6.45, 7) is 14.3. The number of aromatic nitrogens is 2. The fraction of sp³-hybridized carbons (Fsp3) is 0.462. The van der Waals surface area contributed by atoms with E-state index in [-0.39, 0.29) is 5.54 Å². The Labute approximate surface area is 247 Å². The number of hydrogen-bond acceptors (Lipinski definition) is 0. The molecule has 1 aliphatic rings. The second kappa shape index (κ2) is 11.3. The number of imidazole rings is 1. The van der Waals surface area contributed by atoms with Crippen molar-refractivity contribution in [1.82, 2.24) is 4.40 Å². The molecule has 0 N–H and O–H groups in total. The van der Waals surface area contributed by atoms with Crippen LogP contribution in [0.25, 0.3) is 38.6 Å². The number of rotatable bonds is 11. The molecule has 0 amide bonds. The summed E-state index contributed by atoms with van der Waals surface area (Å²) < 4.78 is 5.37. The molecule has 0 bridgehead atoms. The highest BCUT2D eigenvalue weighted by atomic mass is 15.2. The van der Waals surface area contributed by atoms with Crippen LogP contribution >= 0.6 is 0 Å². The van der Waals surface area contributed by atoms with Crippen LogP contribution in [0.5, 0.6) is 0 Å². The lowest BCUT2D eigenvalue weighted by Gasteiger charge is -2.32. The van der Waals surface area contributed by atoms with Gasteiger partial charge in [-0.25, -0.2) is 4.57 Å². The van der Waals surface area contributed by atoms with Gasteiger partial charge in [-0.3, -0.25) is 0 Å². The van der Waals surface area contributed by atoms with Gasteiger partial charge in [-0.15, -0.1) is 0 Å². The molecule has 2 aromatic heterocycles. The molecule has 1 aliphatic heterocycles. The van der Waals surface area contributed by atoms with Gasteiger partial charge < -0.3 is 0 Å². The van der Waals surface area contributed by atoms with Crippen LogP contribution in [0, 0.1) is 11.8 Å². The van der Waals surface area contributed by atoms with E-state index in [1.54, 1.807) is 0 Å². The van der Waals surface area contributed by atoms with Crippen molar-refractivity contribution in [2.75, 3.05) is 0 Å². The lowest BCUT2D eigenvalue weighted by molar-refractivity contribution is -0.743. The fourth-order valence-electron chi connectivity index (χ4n) is 7.87. The first-order valence-corrected chi connectivity index (χ1v) is 16.4. The quantitative estimate of drug-likeness (QED) is 0.0886. The Bertz CT molecular complexity index is 1700. The Balaban J connectivity index is 1.71. The zero-order chi connectivity index (χ0) is 28.7. The minimum Gasteiger partial charge on any atom is -0.223 e. The molecule has 214 valence electrons. The van der Waals surface area contributed by atoms with Crippen molar-refractivity contribution in [2.24, 2.45) is 11.8 Å². The van der Waals surface area contributed by atoms with E-state index >= 15 is 0 Å². The molecule has 41 heavy (non-hydrogen) atoms. The molecular formula is C39H49N2+. The minimum absolute atomic E-state index is 0.0911. The third kappa shape index (κ3) is 4.68. The second-order valence-electron chi connectivity index (χ2n) is 13.4. The Morgan fingerprint density at radius 2 is 1.51 bits per heavy atom. The van der Waals surface area contributed by atoms with Gasteiger partial charge >= 0.3 is 0 Å². The third-order valence-corrected chi connectivity index (χ3v) is 10.1. The summed E-state index contributed by atoms with van der Waals surface area (Å²) in [5.74, 6) is 1.28. The van der Waals surface area contributed by atoms with E-state index in [0.29, 0.717) is 11.8 Å². The van der Waals surface area contributed by atoms with Gasteiger partial charge in [0.2, 0.25) is 0 Å². The first-order chi connectivity index (χ1) is 19.9. The van der Waals surface area contributed by atoms with Crippen LogP contribution in [0.4, 0.5) is 0 Å². The van der Waals surface area contributed by atoms with Gasteiger partial charge in [0.15, 0.2) is 5.69 Å². The smallest absolute Gasteiger partial charge is 0.223 e. The molecule has 3 aromatic carbocycles. The molecular weight excluding hydrogens is 496 g/mol. The number of pyridine rings is 1. The number of nitrogens with zero attached hydrogens (tertiary/aromatic N) is 2. The van der Waals surface area contributed by atoms with E-state index < -0.39 is 0 Å². The van der Waals surface area contributed by atoms with Gasteiger partial charge in [0.05, 0.1) is 5.39 Å². The van der Waals surface area contributed by atoms with Gasteiger partial charge in [-0.2, -0.15) is 4.40 Å². The summed E-state index contributed by atoms with van der Waals surface area (Å²) in [5.41, 5.74) is 10.2. The Hall–Kier alpha value is -3.13. The van der Waals surface area contributed by atoms with Crippen LogP contribution in [0.15, 0.2) is 66.9 Å². The fourth-order valence-corrected chi connectivity index (χ4v) is 7.87. The molecule has 6 rings (SSSR count). The average molecular weight is 546 g/mol. The molecule has 2 heteroatoms. The molecule has 0 saturated carbocycles. The number of para-hydroxylation sites is 1. The van der Waals surface area contributed by atoms with Gasteiger partial charge in [0.25, 0.3) is 5.65 Å². The normalized spacial score (nSPS) is 15.1. The maximum atomic E-state index is 2.71. The molecule has 0 saturated heterocycles. The zero-order valence-corrected chi connectivity index (χ0v) is 26.3. The summed E-state index contributed by atoms with van der Waals surface area (Å²) in [5, 5.41) is 4.20. The maximum absolute atomic E-state index is 2.71. The van der Waals surface area contributed by atoms with Gasteiger partial charge in [0.1, 0.15) is 17.3 Å². The van der Waals surface area contributed by atoms with Crippen molar-refractivity contribution >= 4 is 27.3 Å². The predicted molar refractivity (Wildman–Crippen MR) is 176 cm³/mol. The van der Waals surface area contributed by atoms with Crippen molar-refractivity contribution in [2.45, 2.75) is 105 Å². The number of fused-ring (bicyclic) bond motifs is 3. The van der Waals surface area contributed by atoms with Crippen molar-refractivity contribution in [3.05, 3.63) is 83.6 Å². The van der Waals surface area contributed by atoms with Crippen LogP contribution in [0.3, 0.4) is 0 Å². The van der Waals surface area contributed by atoms with Gasteiger partial charge in [-0.1, -0.05) is 122 Å². The highest BCUT2D eigenvalue weighted by Gasteiger charge is 2.43. The molecule has 3 heterocycles. The molecule has 0 radical (unpaired) electrons. The average Bonchev–Trinajstić information content (AvgIpc) is 3.38. The summed E-state index contributed by atoms with van der Waals surface area (Å²) in [7, 11) is 0. The van der Waals surface area contributed by atoms with Gasteiger partial charge in [-0.05, 0) is 60.3 Å². The van der Waals surface area contributed by atoms with E-state index in [4.69, 9.17) is 0 Å². The first kappa shape index (κ1) is 28.0. The Morgan fingerprint density at radius 3 is 2.24 bits per heavy atom. The topological polar surface area (TPSA) is 8.29 Å². The second-order valence-corrected chi connectivity index (χ2v) is 13.4. The van der Waals surface area contributed by atoms with E-state index in [1.807, 2.05) is 0 Å². The van der Waals surface area contributed by atoms with E-state index in [1.165, 1.54) is 81.0 Å². The zero-order valence-electron chi connectivity index (χ0n) is 26.3. The maximum Gasteiger partial charge on any atom is 0.295 e. The van der Waals surface area contributed by atoms with Crippen LogP contribution in [0.1, 0.15) is 96.8 Å². The summed E-state index contributed by atoms with van der Waals surface area (Å²) in [6.07, 6.45) is 13.4. The largest absolute Gasteiger partial charge is 0.295 e. The van der Waals surface area contributed by atoms with E-state index in [2.05, 4.69) is 117 Å². The minimum atomic E-state index is 0.0911. The predicted octanol–water partition coefficient (Wildman–Crippen LogP) is 10.2. The Kier molecular flexibility index (Phi) is 7.70. The SMILES string of the molecule is CCCCCC(C)Cc1cccc(CC(C)C)c1-c1c[n+]2c3c4c(cccc4c4ccccc4n13)CC2(CC)CC. The highest BCUT2D eigenvalue weighted by Crippen LogP contribution is 2.42. The molecule has 1 unspecified atom stereocenters. The molecule has 0 spiro atoms. The van der Waals surface area contributed by atoms with Crippen LogP contribution in [-0.2, 0) is 24.8 Å². The van der Waals surface area contributed by atoms with E-state index in [0.717, 1.165) is 32.1 Å². The number of benzene rings is 3. The molecule has 1 atom stereocenters. The number of unbranched alkanes of at least 4 members (excludes halogenated alkanes) is 2. The molecule has 0 aliphatic carbocycles. The van der Waals surface area contributed by atoms with Gasteiger partial charge in [0, 0.05) is 22.8 Å². The lowest BCUT2D eigenvalue weighted by Crippen LogP contribution is -2.58. The molecule has 2 nitrogen and oxygen atoms in total. The van der Waals surface area contributed by atoms with E-state index in [9.17, 15) is 0 Å². The third-order valence-electron chi connectivity index (χ3n) is 10.1. The highest BCUT2D eigenvalue weighted by molar-refractivity contribution is 6.13. The summed E-state index contributed by atoms with van der Waals surface area (Å²) in [6, 6.07) is 23.3. The first-order valence-electron chi connectivity index (χ1n) is 16.4. The summed E-state index contributed by atoms with van der Waals surface area (Å²) >= 11 is 0. The Morgan fingerprint density at radius 1 is 0.805 bits per heavy atom. The standard InChI is InChI=1S/C39H49N2/c1-7-10-11-16-28(6)24-30-18-14-17-29(23-27(4)5)36(30)35-26-40-38-37-31(25-39(40,8-2)9-3)19-15-21-33(37)32-20-12-13-22-34(32)41(35)38/h12-15,17-22,26-28H,7-11,16,23-25H2,1-6H3/q+1. The van der Waals surface area contributed by atoms with Crippen molar-refractivity contribution in [1.29, 1.82) is 0 Å². The van der Waals surface area contributed by atoms with Crippen LogP contribution < -0.4 is 4.57 Å². The monoisotopic (exact) mass is 545 g/mol.